The highest BCUT2D eigenvalue weighted by Gasteiger charge is 2.27. The third kappa shape index (κ3) is 10.2. The molecule has 42 heavy (non-hydrogen) atoms. The number of ketones is 1. The lowest BCUT2D eigenvalue weighted by Crippen LogP contribution is -2.42. The maximum absolute atomic E-state index is 13.0. The molecule has 1 heterocycles. The molecule has 4 N–H and O–H groups in total. The SMILES string of the molecule is NC(=O)[C@H](CCC(=O)O)CC(=O)[C@H](CCCOC=O)NC(=O)CCc1cc(-c2ccc(-c3cccc(Cl)c3)cc2)no1. The molecule has 3 rings (SSSR count). The molecule has 0 saturated heterocycles. The Labute approximate surface area is 247 Å². The van der Waals surface area contributed by atoms with E-state index in [1.54, 1.807) is 6.07 Å². The Morgan fingerprint density at radius 3 is 2.43 bits per heavy atom. The van der Waals surface area contributed by atoms with Crippen molar-refractivity contribution in [1.82, 2.24) is 10.5 Å². The molecule has 0 aliphatic heterocycles. The molecular weight excluding hydrogens is 566 g/mol. The average molecular weight is 598 g/mol. The van der Waals surface area contributed by atoms with Crippen molar-refractivity contribution in [3.05, 3.63) is 65.4 Å². The van der Waals surface area contributed by atoms with Gasteiger partial charge in [0.1, 0.15) is 11.5 Å². The summed E-state index contributed by atoms with van der Waals surface area (Å²) in [6.45, 7) is 0.325. The zero-order valence-electron chi connectivity index (χ0n) is 22.8. The minimum Gasteiger partial charge on any atom is -0.481 e. The van der Waals surface area contributed by atoms with Crippen LogP contribution in [0.4, 0.5) is 0 Å². The Morgan fingerprint density at radius 1 is 1.02 bits per heavy atom. The summed E-state index contributed by atoms with van der Waals surface area (Å²) in [6, 6.07) is 16.0. The number of aryl methyl sites for hydroxylation is 1. The molecule has 0 saturated carbocycles. The molecule has 0 spiro atoms. The number of halogens is 1. The van der Waals surface area contributed by atoms with Gasteiger partial charge < -0.3 is 25.4 Å². The van der Waals surface area contributed by atoms with Crippen LogP contribution in [-0.4, -0.2) is 53.0 Å². The molecule has 0 aliphatic carbocycles. The first-order chi connectivity index (χ1) is 20.2. The van der Waals surface area contributed by atoms with Crippen molar-refractivity contribution in [2.45, 2.75) is 51.0 Å². The summed E-state index contributed by atoms with van der Waals surface area (Å²) >= 11 is 6.09. The van der Waals surface area contributed by atoms with E-state index in [-0.39, 0.29) is 58.0 Å². The number of amides is 2. The van der Waals surface area contributed by atoms with Gasteiger partial charge in [0.25, 0.3) is 6.47 Å². The number of aliphatic carboxylic acids is 1. The first kappa shape index (κ1) is 32.0. The van der Waals surface area contributed by atoms with Crippen LogP contribution in [0.25, 0.3) is 22.4 Å². The van der Waals surface area contributed by atoms with E-state index in [0.29, 0.717) is 16.5 Å². The Bertz CT molecular complexity index is 1390. The number of carboxylic acid groups (broad SMARTS) is 1. The minimum atomic E-state index is -1.12. The zero-order chi connectivity index (χ0) is 30.5. The molecular formula is C30H32ClN3O8. The van der Waals surface area contributed by atoms with E-state index in [2.05, 4.69) is 15.2 Å². The van der Waals surface area contributed by atoms with E-state index in [9.17, 15) is 24.0 Å². The smallest absolute Gasteiger partial charge is 0.303 e. The number of ether oxygens (including phenoxy) is 1. The number of nitrogens with one attached hydrogen (secondary N) is 1. The number of rotatable bonds is 18. The highest BCUT2D eigenvalue weighted by Crippen LogP contribution is 2.26. The summed E-state index contributed by atoms with van der Waals surface area (Å²) < 4.78 is 10.1. The normalized spacial score (nSPS) is 12.2. The summed E-state index contributed by atoms with van der Waals surface area (Å²) in [6.07, 6.45) is -0.0808. The highest BCUT2D eigenvalue weighted by molar-refractivity contribution is 6.30. The quantitative estimate of drug-likeness (QED) is 0.144. The van der Waals surface area contributed by atoms with Gasteiger partial charge in [-0.25, -0.2) is 0 Å². The fourth-order valence-corrected chi connectivity index (χ4v) is 4.52. The summed E-state index contributed by atoms with van der Waals surface area (Å²) in [5, 5.41) is 16.3. The molecule has 0 unspecified atom stereocenters. The van der Waals surface area contributed by atoms with Crippen molar-refractivity contribution >= 4 is 41.6 Å². The van der Waals surface area contributed by atoms with Crippen molar-refractivity contribution in [2.24, 2.45) is 11.7 Å². The summed E-state index contributed by atoms with van der Waals surface area (Å²) in [5.74, 6) is -3.31. The molecule has 222 valence electrons. The van der Waals surface area contributed by atoms with Crippen LogP contribution in [0.2, 0.25) is 5.02 Å². The van der Waals surface area contributed by atoms with Gasteiger partial charge in [0, 0.05) is 48.3 Å². The molecule has 0 bridgehead atoms. The first-order valence-corrected chi connectivity index (χ1v) is 13.7. The van der Waals surface area contributed by atoms with Gasteiger partial charge in [0.15, 0.2) is 5.78 Å². The third-order valence-electron chi connectivity index (χ3n) is 6.60. The number of carbonyl (C=O) groups is 5. The summed E-state index contributed by atoms with van der Waals surface area (Å²) in [7, 11) is 0. The minimum absolute atomic E-state index is 0.00474. The topological polar surface area (TPSA) is 179 Å². The molecule has 3 aromatic rings. The second-order valence-electron chi connectivity index (χ2n) is 9.70. The van der Waals surface area contributed by atoms with Gasteiger partial charge in [-0.15, -0.1) is 0 Å². The van der Waals surface area contributed by atoms with Gasteiger partial charge in [0.05, 0.1) is 12.6 Å². The second-order valence-corrected chi connectivity index (χ2v) is 10.1. The number of carboxylic acids is 1. The van der Waals surface area contributed by atoms with Crippen LogP contribution in [0.3, 0.4) is 0 Å². The van der Waals surface area contributed by atoms with E-state index in [1.165, 1.54) is 0 Å². The Balaban J connectivity index is 1.58. The van der Waals surface area contributed by atoms with Crippen molar-refractivity contribution in [3.8, 4) is 22.4 Å². The van der Waals surface area contributed by atoms with Crippen LogP contribution >= 0.6 is 11.6 Å². The number of nitrogens with zero attached hydrogens (tertiary/aromatic N) is 1. The lowest BCUT2D eigenvalue weighted by Gasteiger charge is -2.20. The van der Waals surface area contributed by atoms with Crippen LogP contribution in [-0.2, 0) is 35.1 Å². The van der Waals surface area contributed by atoms with Crippen molar-refractivity contribution < 1.29 is 38.3 Å². The lowest BCUT2D eigenvalue weighted by molar-refractivity contribution is -0.138. The van der Waals surface area contributed by atoms with Gasteiger partial charge in [0.2, 0.25) is 11.8 Å². The predicted octanol–water partition coefficient (Wildman–Crippen LogP) is 3.96. The number of nitrogens with two attached hydrogens (primary N) is 1. The van der Waals surface area contributed by atoms with E-state index < -0.39 is 35.5 Å². The van der Waals surface area contributed by atoms with Gasteiger partial charge in [-0.2, -0.15) is 0 Å². The van der Waals surface area contributed by atoms with Crippen molar-refractivity contribution in [1.29, 1.82) is 0 Å². The van der Waals surface area contributed by atoms with Crippen molar-refractivity contribution in [2.75, 3.05) is 6.61 Å². The van der Waals surface area contributed by atoms with Gasteiger partial charge in [-0.05, 0) is 42.5 Å². The van der Waals surface area contributed by atoms with Crippen LogP contribution in [0, 0.1) is 5.92 Å². The average Bonchev–Trinajstić information content (AvgIpc) is 3.44. The molecule has 0 aliphatic rings. The second kappa shape index (κ2) is 16.1. The Kier molecular flexibility index (Phi) is 12.2. The van der Waals surface area contributed by atoms with Gasteiger partial charge in [-0.3, -0.25) is 24.0 Å². The molecule has 1 aromatic heterocycles. The maximum Gasteiger partial charge on any atom is 0.303 e. The fraction of sp³-hybridized carbons (Fsp3) is 0.333. The van der Waals surface area contributed by atoms with E-state index in [0.717, 1.165) is 16.7 Å². The van der Waals surface area contributed by atoms with E-state index in [1.807, 2.05) is 48.5 Å². The number of hydrogen-bond donors (Lipinski definition) is 3. The van der Waals surface area contributed by atoms with Crippen LogP contribution in [0.5, 0.6) is 0 Å². The highest BCUT2D eigenvalue weighted by atomic mass is 35.5. The monoisotopic (exact) mass is 597 g/mol. The van der Waals surface area contributed by atoms with Gasteiger partial charge in [-0.1, -0.05) is 53.2 Å². The van der Waals surface area contributed by atoms with E-state index >= 15 is 0 Å². The first-order valence-electron chi connectivity index (χ1n) is 13.4. The maximum atomic E-state index is 13.0. The van der Waals surface area contributed by atoms with Crippen LogP contribution in [0.15, 0.2) is 59.1 Å². The zero-order valence-corrected chi connectivity index (χ0v) is 23.5. The van der Waals surface area contributed by atoms with Crippen LogP contribution in [0.1, 0.15) is 44.3 Å². The molecule has 2 aromatic carbocycles. The number of hydrogen-bond acceptors (Lipinski definition) is 8. The fourth-order valence-electron chi connectivity index (χ4n) is 4.33. The number of benzene rings is 2. The number of aromatic nitrogens is 1. The third-order valence-corrected chi connectivity index (χ3v) is 6.83. The molecule has 0 fully saturated rings. The summed E-state index contributed by atoms with van der Waals surface area (Å²) in [4.78, 5) is 58.8. The Morgan fingerprint density at radius 2 is 1.76 bits per heavy atom. The number of primary amides is 1. The van der Waals surface area contributed by atoms with Gasteiger partial charge >= 0.3 is 5.97 Å². The molecule has 0 radical (unpaired) electrons. The van der Waals surface area contributed by atoms with Crippen molar-refractivity contribution in [3.63, 3.8) is 0 Å². The molecule has 2 atom stereocenters. The number of Topliss-reactive ketones (excluding diaryl/α,β-unsaturated/α-hetero) is 1. The van der Waals surface area contributed by atoms with Crippen LogP contribution < -0.4 is 11.1 Å². The summed E-state index contributed by atoms with van der Waals surface area (Å²) in [5.41, 5.74) is 8.77. The lowest BCUT2D eigenvalue weighted by atomic mass is 9.92. The predicted molar refractivity (Wildman–Crippen MR) is 153 cm³/mol. The largest absolute Gasteiger partial charge is 0.481 e. The Hall–Kier alpha value is -4.51. The number of carbonyl (C=O) groups excluding carboxylic acids is 4. The molecule has 12 heteroatoms. The standard InChI is InChI=1S/C30H32ClN3O8/c31-23-4-1-3-21(15-23)19-6-8-20(9-7-19)26-17-24(42-34-26)11-12-28(37)33-25(5-2-14-41-18-35)27(36)16-22(30(32)40)10-13-29(38)39/h1,3-4,6-9,15,17-18,22,25H,2,5,10-14,16H2,(H2,32,40)(H,33,37)(H,38,39)/t22-,25+/m1/s1. The molecule has 2 amide bonds. The van der Waals surface area contributed by atoms with E-state index in [4.69, 9.17) is 27.0 Å². The molecule has 11 nitrogen and oxygen atoms in total.